The Morgan fingerprint density at radius 1 is 0.836 bits per heavy atom. The number of H-pyrrole nitrogens is 1. The average Bonchev–Trinajstić information content (AvgIpc) is 3.60. The van der Waals surface area contributed by atoms with Crippen molar-refractivity contribution >= 4 is 87.0 Å². The third kappa shape index (κ3) is 19.0. The van der Waals surface area contributed by atoms with Gasteiger partial charge in [0.1, 0.15) is 31.0 Å². The smallest absolute Gasteiger partial charge is 0.244 e. The molecule has 0 aliphatic heterocycles. The fourth-order valence-electron chi connectivity index (χ4n) is 6.12. The molecule has 0 radical (unpaired) electrons. The normalized spacial score (nSPS) is 13.7. The standard InChI is InChI=1S/C40H63N9O8S2.CH2O/c1-10-29(47-37(56)31(19-32(41)53)49-38(57)34(46-26(5)52)40(8,9)59-58-39(6,7)21-42-22-50)35(54)48-30(18-27-20-44-33-23(2)14-13-16-28(27)33)36(55)45-24(3)15-11-12-17-43-25(4)51;1-2/h13-14,16,20,22,24,29-31,34,44H,10-12,15,17-19,21H2,1-9H3,(H2,41,53)(H,42,50)(H,43,51)(H,45,55)(H,46,52)(H,47,56)(H,48,54)(H,49,57);1H2/t24?,29?,30?,31?,34-;/m1./s1. The molecule has 0 saturated carbocycles. The van der Waals surface area contributed by atoms with Crippen molar-refractivity contribution in [2.75, 3.05) is 13.1 Å². The van der Waals surface area contributed by atoms with Gasteiger partial charge in [-0.25, -0.2) is 0 Å². The number of unbranched alkanes of at least 4 members (excludes halogenated alkanes) is 1. The molecule has 1 heterocycles. The molecule has 2 rings (SSSR count). The van der Waals surface area contributed by atoms with Crippen molar-refractivity contribution in [1.82, 2.24) is 42.2 Å². The Morgan fingerprint density at radius 3 is 2.03 bits per heavy atom. The summed E-state index contributed by atoms with van der Waals surface area (Å²) in [6.45, 7) is 18.3. The molecule has 0 bridgehead atoms. The topological polar surface area (TPSA) is 280 Å². The molecular weight excluding hydrogens is 827 g/mol. The molecule has 1 aromatic heterocycles. The summed E-state index contributed by atoms with van der Waals surface area (Å²) < 4.78 is -1.42. The number of aryl methyl sites for hydroxylation is 1. The van der Waals surface area contributed by atoms with E-state index in [9.17, 15) is 38.4 Å². The van der Waals surface area contributed by atoms with Gasteiger partial charge < -0.3 is 52.7 Å². The van der Waals surface area contributed by atoms with Gasteiger partial charge in [-0.05, 0) is 78.4 Å². The van der Waals surface area contributed by atoms with Gasteiger partial charge in [0, 0.05) is 66.0 Å². The van der Waals surface area contributed by atoms with Crippen LogP contribution >= 0.6 is 21.6 Å². The van der Waals surface area contributed by atoms with Gasteiger partial charge in [0.25, 0.3) is 0 Å². The van der Waals surface area contributed by atoms with Gasteiger partial charge >= 0.3 is 0 Å². The van der Waals surface area contributed by atoms with Gasteiger partial charge in [0.15, 0.2) is 0 Å². The number of nitrogens with one attached hydrogen (secondary N) is 8. The molecule has 61 heavy (non-hydrogen) atoms. The SMILES string of the molecule is C=O.CCC(NC(=O)C(CC(N)=O)NC(=O)[C@@H](NC(C)=O)C(C)(C)SSC(C)(C)CNC=O)C(=O)NC(Cc1c[nH]c2c(C)cccc12)C(=O)NC(C)CCCCNC(C)=O. The Hall–Kier alpha value is -5.11. The maximum absolute atomic E-state index is 13.9. The summed E-state index contributed by atoms with van der Waals surface area (Å²) >= 11 is 0. The number of benzene rings is 1. The maximum atomic E-state index is 13.9. The molecule has 4 unspecified atom stereocenters. The second-order valence-electron chi connectivity index (χ2n) is 15.8. The van der Waals surface area contributed by atoms with E-state index in [1.165, 1.54) is 35.4 Å². The monoisotopic (exact) mass is 891 g/mol. The number of hydrogen-bond donors (Lipinski definition) is 9. The molecule has 0 aliphatic rings. The van der Waals surface area contributed by atoms with E-state index in [4.69, 9.17) is 10.5 Å². The van der Waals surface area contributed by atoms with Crippen molar-refractivity contribution in [2.45, 2.75) is 141 Å². The first-order valence-electron chi connectivity index (χ1n) is 20.0. The highest BCUT2D eigenvalue weighted by molar-refractivity contribution is 8.77. The largest absolute Gasteiger partial charge is 0.370 e. The van der Waals surface area contributed by atoms with Crippen molar-refractivity contribution < 1.29 is 43.2 Å². The van der Waals surface area contributed by atoms with E-state index in [0.29, 0.717) is 25.9 Å². The molecule has 8 amide bonds. The van der Waals surface area contributed by atoms with Gasteiger partial charge in [-0.15, -0.1) is 0 Å². The quantitative estimate of drug-likeness (QED) is 0.0372. The number of hydrogen-bond acceptors (Lipinski definition) is 11. The summed E-state index contributed by atoms with van der Waals surface area (Å²) in [5.74, 6) is -4.26. The lowest BCUT2D eigenvalue weighted by Crippen LogP contribution is -2.61. The first kappa shape index (κ1) is 53.9. The third-order valence-corrected chi connectivity index (χ3v) is 13.6. The van der Waals surface area contributed by atoms with Crippen LogP contribution in [0.15, 0.2) is 24.4 Å². The Morgan fingerprint density at radius 2 is 1.44 bits per heavy atom. The van der Waals surface area contributed by atoms with Crippen molar-refractivity contribution in [3.63, 3.8) is 0 Å². The molecular formula is C41H65N9O9S2. The predicted octanol–water partition coefficient (Wildman–Crippen LogP) is 1.57. The van der Waals surface area contributed by atoms with E-state index in [-0.39, 0.29) is 24.8 Å². The Bertz CT molecular complexity index is 1820. The van der Waals surface area contributed by atoms with Crippen LogP contribution in [0.4, 0.5) is 0 Å². The van der Waals surface area contributed by atoms with Crippen molar-refractivity contribution in [2.24, 2.45) is 5.73 Å². The average molecular weight is 892 g/mol. The molecule has 2 aromatic rings. The number of aromatic nitrogens is 1. The zero-order valence-corrected chi connectivity index (χ0v) is 38.3. The summed E-state index contributed by atoms with van der Waals surface area (Å²) in [6, 6.07) is 0.607. The van der Waals surface area contributed by atoms with E-state index >= 15 is 0 Å². The van der Waals surface area contributed by atoms with Crippen LogP contribution in [-0.2, 0) is 49.6 Å². The molecule has 340 valence electrons. The molecule has 20 heteroatoms. The lowest BCUT2D eigenvalue weighted by molar-refractivity contribution is -0.135. The number of amides is 8. The number of fused-ring (bicyclic) bond motifs is 1. The van der Waals surface area contributed by atoms with E-state index in [1.807, 2.05) is 52.7 Å². The highest BCUT2D eigenvalue weighted by atomic mass is 33.1. The number of nitrogens with two attached hydrogens (primary N) is 1. The fraction of sp³-hybridized carbons (Fsp3) is 0.585. The minimum atomic E-state index is -1.51. The van der Waals surface area contributed by atoms with Gasteiger partial charge in [-0.2, -0.15) is 0 Å². The van der Waals surface area contributed by atoms with E-state index in [1.54, 1.807) is 27.0 Å². The van der Waals surface area contributed by atoms with Crippen LogP contribution in [-0.4, -0.2) is 112 Å². The minimum Gasteiger partial charge on any atom is -0.370 e. The van der Waals surface area contributed by atoms with Gasteiger partial charge in [-0.1, -0.05) is 46.7 Å². The zero-order valence-electron chi connectivity index (χ0n) is 36.7. The first-order chi connectivity index (χ1) is 28.6. The van der Waals surface area contributed by atoms with Gasteiger partial charge in [-0.3, -0.25) is 38.4 Å². The molecule has 0 fully saturated rings. The van der Waals surface area contributed by atoms with Gasteiger partial charge in [0.2, 0.25) is 47.8 Å². The Labute approximate surface area is 366 Å². The van der Waals surface area contributed by atoms with Crippen LogP contribution in [0.3, 0.4) is 0 Å². The molecule has 0 aliphatic carbocycles. The van der Waals surface area contributed by atoms with Gasteiger partial charge in [0.05, 0.1) is 6.42 Å². The van der Waals surface area contributed by atoms with Crippen LogP contribution in [0, 0.1) is 6.92 Å². The molecule has 10 N–H and O–H groups in total. The Balaban J connectivity index is 0.00000916. The second-order valence-corrected chi connectivity index (χ2v) is 19.3. The molecule has 0 saturated heterocycles. The van der Waals surface area contributed by atoms with Crippen LogP contribution in [0.5, 0.6) is 0 Å². The summed E-state index contributed by atoms with van der Waals surface area (Å²) in [7, 11) is 2.68. The lowest BCUT2D eigenvalue weighted by atomic mass is 10.0. The first-order valence-corrected chi connectivity index (χ1v) is 22.1. The Kier molecular flexibility index (Phi) is 23.2. The van der Waals surface area contributed by atoms with Crippen LogP contribution < -0.4 is 43.0 Å². The molecule has 18 nitrogen and oxygen atoms in total. The summed E-state index contributed by atoms with van der Waals surface area (Å²) in [5, 5.41) is 19.9. The lowest BCUT2D eigenvalue weighted by Gasteiger charge is -2.36. The fourth-order valence-corrected chi connectivity index (χ4v) is 8.76. The maximum Gasteiger partial charge on any atom is 0.244 e. The summed E-state index contributed by atoms with van der Waals surface area (Å²) in [6.07, 6.45) is 4.10. The van der Waals surface area contributed by atoms with Crippen molar-refractivity contribution in [3.05, 3.63) is 35.5 Å². The minimum absolute atomic E-state index is 0.0876. The van der Waals surface area contributed by atoms with Crippen LogP contribution in [0.25, 0.3) is 10.9 Å². The zero-order chi connectivity index (χ0) is 46.5. The van der Waals surface area contributed by atoms with Crippen LogP contribution in [0.1, 0.15) is 98.6 Å². The summed E-state index contributed by atoms with van der Waals surface area (Å²) in [5.41, 5.74) is 8.20. The van der Waals surface area contributed by atoms with E-state index in [2.05, 4.69) is 42.2 Å². The highest BCUT2D eigenvalue weighted by Crippen LogP contribution is 2.45. The number of para-hydroxylation sites is 1. The molecule has 5 atom stereocenters. The third-order valence-electron chi connectivity index (χ3n) is 9.37. The van der Waals surface area contributed by atoms with Crippen LogP contribution in [0.2, 0.25) is 0 Å². The highest BCUT2D eigenvalue weighted by Gasteiger charge is 2.40. The second kappa shape index (κ2) is 26.3. The summed E-state index contributed by atoms with van der Waals surface area (Å²) in [4.78, 5) is 113. The van der Waals surface area contributed by atoms with E-state index < -0.39 is 75.5 Å². The number of carbonyl (C=O) groups excluding carboxylic acids is 9. The number of primary amides is 1. The number of rotatable bonds is 26. The van der Waals surface area contributed by atoms with Crippen molar-refractivity contribution in [1.29, 1.82) is 0 Å². The van der Waals surface area contributed by atoms with Crippen molar-refractivity contribution in [3.8, 4) is 0 Å². The predicted molar refractivity (Wildman–Crippen MR) is 239 cm³/mol. The van der Waals surface area contributed by atoms with E-state index in [0.717, 1.165) is 34.9 Å². The molecule has 0 spiro atoms. The number of carbonyl (C=O) groups is 9. The number of aromatic amines is 1. The molecule has 1 aromatic carbocycles.